The van der Waals surface area contributed by atoms with E-state index in [1.54, 1.807) is 11.3 Å². The SMILES string of the molecule is CCNC(Cc1nc(-c2cscc2C)no1)C1CC1. The van der Waals surface area contributed by atoms with Gasteiger partial charge in [-0.2, -0.15) is 16.3 Å². The van der Waals surface area contributed by atoms with Crippen LogP contribution in [0.4, 0.5) is 0 Å². The average Bonchev–Trinajstić information content (AvgIpc) is 3.00. The van der Waals surface area contributed by atoms with Gasteiger partial charge in [0.1, 0.15) is 0 Å². The van der Waals surface area contributed by atoms with Crippen LogP contribution in [0.1, 0.15) is 31.2 Å². The first-order chi connectivity index (χ1) is 9.28. The standard InChI is InChI=1S/C14H19N3OS/c1-3-15-12(10-4-5-10)6-13-16-14(17-18-13)11-8-19-7-9(11)2/h7-8,10,12,15H,3-6H2,1-2H3. The van der Waals surface area contributed by atoms with Crippen molar-refractivity contribution in [3.8, 4) is 11.4 Å². The van der Waals surface area contributed by atoms with E-state index in [1.807, 2.05) is 0 Å². The number of thiophene rings is 1. The number of nitrogens with one attached hydrogen (secondary N) is 1. The monoisotopic (exact) mass is 277 g/mol. The molecule has 1 N–H and O–H groups in total. The van der Waals surface area contributed by atoms with Crippen LogP contribution in [-0.2, 0) is 6.42 Å². The van der Waals surface area contributed by atoms with Crippen molar-refractivity contribution in [1.82, 2.24) is 15.5 Å². The molecule has 4 nitrogen and oxygen atoms in total. The number of hydrogen-bond acceptors (Lipinski definition) is 5. The van der Waals surface area contributed by atoms with Crippen molar-refractivity contribution in [2.75, 3.05) is 6.54 Å². The van der Waals surface area contributed by atoms with Crippen molar-refractivity contribution in [2.45, 2.75) is 39.2 Å². The highest BCUT2D eigenvalue weighted by Crippen LogP contribution is 2.34. The van der Waals surface area contributed by atoms with Crippen LogP contribution in [0.25, 0.3) is 11.4 Å². The van der Waals surface area contributed by atoms with Gasteiger partial charge in [0.05, 0.1) is 0 Å². The smallest absolute Gasteiger partial charge is 0.228 e. The van der Waals surface area contributed by atoms with Gasteiger partial charge in [0, 0.05) is 23.4 Å². The summed E-state index contributed by atoms with van der Waals surface area (Å²) in [6, 6.07) is 0.488. The summed E-state index contributed by atoms with van der Waals surface area (Å²) in [6.07, 6.45) is 3.49. The minimum Gasteiger partial charge on any atom is -0.339 e. The molecule has 0 amide bonds. The van der Waals surface area contributed by atoms with Gasteiger partial charge in [0.15, 0.2) is 0 Å². The summed E-state index contributed by atoms with van der Waals surface area (Å²) >= 11 is 1.67. The van der Waals surface area contributed by atoms with Crippen LogP contribution in [0.3, 0.4) is 0 Å². The number of nitrogens with zero attached hydrogens (tertiary/aromatic N) is 2. The first-order valence-electron chi connectivity index (χ1n) is 6.87. The summed E-state index contributed by atoms with van der Waals surface area (Å²) in [7, 11) is 0. The van der Waals surface area contributed by atoms with E-state index in [0.29, 0.717) is 6.04 Å². The average molecular weight is 277 g/mol. The molecule has 0 saturated heterocycles. The molecule has 0 radical (unpaired) electrons. The molecule has 0 aliphatic heterocycles. The highest BCUT2D eigenvalue weighted by molar-refractivity contribution is 7.08. The van der Waals surface area contributed by atoms with Crippen LogP contribution in [0.2, 0.25) is 0 Å². The Morgan fingerprint density at radius 2 is 2.32 bits per heavy atom. The third-order valence-corrected chi connectivity index (χ3v) is 4.48. The van der Waals surface area contributed by atoms with E-state index in [9.17, 15) is 0 Å². The zero-order valence-electron chi connectivity index (χ0n) is 11.3. The Labute approximate surface area is 117 Å². The van der Waals surface area contributed by atoms with E-state index in [-0.39, 0.29) is 0 Å². The van der Waals surface area contributed by atoms with Gasteiger partial charge in [-0.3, -0.25) is 0 Å². The predicted molar refractivity (Wildman–Crippen MR) is 76.2 cm³/mol. The van der Waals surface area contributed by atoms with E-state index in [4.69, 9.17) is 4.52 Å². The van der Waals surface area contributed by atoms with Crippen LogP contribution in [0.5, 0.6) is 0 Å². The summed E-state index contributed by atoms with van der Waals surface area (Å²) in [4.78, 5) is 4.53. The number of aryl methyl sites for hydroxylation is 1. The van der Waals surface area contributed by atoms with Crippen molar-refractivity contribution in [3.63, 3.8) is 0 Å². The van der Waals surface area contributed by atoms with Gasteiger partial charge in [-0.05, 0) is 43.2 Å². The molecule has 5 heteroatoms. The third kappa shape index (κ3) is 2.87. The fourth-order valence-electron chi connectivity index (χ4n) is 2.39. The van der Waals surface area contributed by atoms with Gasteiger partial charge in [0.25, 0.3) is 0 Å². The summed E-state index contributed by atoms with van der Waals surface area (Å²) < 4.78 is 5.40. The lowest BCUT2D eigenvalue weighted by Crippen LogP contribution is -2.33. The van der Waals surface area contributed by atoms with Crippen LogP contribution in [-0.4, -0.2) is 22.7 Å². The Balaban J connectivity index is 1.72. The predicted octanol–water partition coefficient (Wildman–Crippen LogP) is 3.04. The van der Waals surface area contributed by atoms with E-state index in [0.717, 1.165) is 36.2 Å². The Morgan fingerprint density at radius 1 is 1.47 bits per heavy atom. The Morgan fingerprint density at radius 3 is 2.95 bits per heavy atom. The van der Waals surface area contributed by atoms with Crippen LogP contribution < -0.4 is 5.32 Å². The van der Waals surface area contributed by atoms with Gasteiger partial charge >= 0.3 is 0 Å². The van der Waals surface area contributed by atoms with Crippen molar-refractivity contribution in [2.24, 2.45) is 5.92 Å². The fraction of sp³-hybridized carbons (Fsp3) is 0.571. The molecule has 19 heavy (non-hydrogen) atoms. The first-order valence-corrected chi connectivity index (χ1v) is 7.81. The second kappa shape index (κ2) is 5.43. The summed E-state index contributed by atoms with van der Waals surface area (Å²) in [5, 5.41) is 11.8. The molecule has 0 aromatic carbocycles. The number of aromatic nitrogens is 2. The molecular weight excluding hydrogens is 258 g/mol. The highest BCUT2D eigenvalue weighted by atomic mass is 32.1. The van der Waals surface area contributed by atoms with Crippen LogP contribution in [0.15, 0.2) is 15.3 Å². The molecule has 0 spiro atoms. The van der Waals surface area contributed by atoms with Crippen molar-refractivity contribution < 1.29 is 4.52 Å². The normalized spacial score (nSPS) is 16.7. The molecule has 1 saturated carbocycles. The van der Waals surface area contributed by atoms with Crippen LogP contribution in [0, 0.1) is 12.8 Å². The van der Waals surface area contributed by atoms with Gasteiger partial charge in [-0.15, -0.1) is 0 Å². The fourth-order valence-corrected chi connectivity index (χ4v) is 3.22. The molecule has 1 aliphatic carbocycles. The quantitative estimate of drug-likeness (QED) is 0.881. The maximum atomic E-state index is 5.40. The van der Waals surface area contributed by atoms with E-state index < -0.39 is 0 Å². The molecule has 1 atom stereocenters. The Hall–Kier alpha value is -1.20. The number of rotatable bonds is 6. The summed E-state index contributed by atoms with van der Waals surface area (Å²) in [5.74, 6) is 2.26. The van der Waals surface area contributed by atoms with Gasteiger partial charge in [-0.25, -0.2) is 0 Å². The zero-order valence-corrected chi connectivity index (χ0v) is 12.2. The second-order valence-corrected chi connectivity index (χ2v) is 5.93. The lowest BCUT2D eigenvalue weighted by Gasteiger charge is -2.14. The summed E-state index contributed by atoms with van der Waals surface area (Å²) in [6.45, 7) is 5.21. The summed E-state index contributed by atoms with van der Waals surface area (Å²) in [5.41, 5.74) is 2.30. The Kier molecular flexibility index (Phi) is 3.66. The zero-order chi connectivity index (χ0) is 13.2. The van der Waals surface area contributed by atoms with Gasteiger partial charge in [0.2, 0.25) is 11.7 Å². The van der Waals surface area contributed by atoms with E-state index in [2.05, 4.69) is 40.1 Å². The van der Waals surface area contributed by atoms with Crippen LogP contribution >= 0.6 is 11.3 Å². The van der Waals surface area contributed by atoms with E-state index >= 15 is 0 Å². The number of hydrogen-bond donors (Lipinski definition) is 1. The molecule has 2 aromatic heterocycles. The highest BCUT2D eigenvalue weighted by Gasteiger charge is 2.32. The lowest BCUT2D eigenvalue weighted by molar-refractivity contribution is 0.348. The molecule has 0 bridgehead atoms. The number of likely N-dealkylation sites (N-methyl/N-ethyl adjacent to an activating group) is 1. The minimum absolute atomic E-state index is 0.488. The maximum Gasteiger partial charge on any atom is 0.228 e. The van der Waals surface area contributed by atoms with Crippen molar-refractivity contribution >= 4 is 11.3 Å². The minimum atomic E-state index is 0.488. The van der Waals surface area contributed by atoms with Gasteiger partial charge in [-0.1, -0.05) is 12.1 Å². The molecule has 2 aromatic rings. The maximum absolute atomic E-state index is 5.40. The molecule has 3 rings (SSSR count). The largest absolute Gasteiger partial charge is 0.339 e. The first kappa shape index (κ1) is 12.8. The van der Waals surface area contributed by atoms with E-state index in [1.165, 1.54) is 18.4 Å². The third-order valence-electron chi connectivity index (χ3n) is 3.62. The van der Waals surface area contributed by atoms with Gasteiger partial charge < -0.3 is 9.84 Å². The molecule has 102 valence electrons. The lowest BCUT2D eigenvalue weighted by atomic mass is 10.1. The topological polar surface area (TPSA) is 51.0 Å². The molecule has 1 unspecified atom stereocenters. The molecule has 2 heterocycles. The molecule has 1 fully saturated rings. The Bertz CT molecular complexity index is 544. The van der Waals surface area contributed by atoms with Crippen molar-refractivity contribution in [3.05, 3.63) is 22.2 Å². The molecular formula is C14H19N3OS. The second-order valence-electron chi connectivity index (χ2n) is 5.19. The van der Waals surface area contributed by atoms with Crippen molar-refractivity contribution in [1.29, 1.82) is 0 Å². The molecule has 1 aliphatic rings.